The molecular formula is C10H16N2O2. The Morgan fingerprint density at radius 1 is 1.36 bits per heavy atom. The van der Waals surface area contributed by atoms with Crippen molar-refractivity contribution in [2.45, 2.75) is 44.2 Å². The Morgan fingerprint density at radius 3 is 2.86 bits per heavy atom. The van der Waals surface area contributed by atoms with Crippen LogP contribution in [0.4, 0.5) is 0 Å². The van der Waals surface area contributed by atoms with Crippen LogP contribution in [0.1, 0.15) is 38.1 Å². The average molecular weight is 196 g/mol. The van der Waals surface area contributed by atoms with Crippen molar-refractivity contribution in [1.29, 1.82) is 0 Å². The topological polar surface area (TPSA) is 58.0 Å². The average Bonchev–Trinajstić information content (AvgIpc) is 2.46. The van der Waals surface area contributed by atoms with E-state index in [1.807, 2.05) is 0 Å². The summed E-state index contributed by atoms with van der Waals surface area (Å²) in [6, 6.07) is 1.44. The van der Waals surface area contributed by atoms with Gasteiger partial charge in [-0.25, -0.2) is 4.68 Å². The maximum atomic E-state index is 11.4. The van der Waals surface area contributed by atoms with Crippen molar-refractivity contribution in [3.8, 4) is 0 Å². The van der Waals surface area contributed by atoms with Crippen LogP contribution in [0.15, 0.2) is 17.1 Å². The third-order valence-corrected chi connectivity index (χ3v) is 2.95. The van der Waals surface area contributed by atoms with Gasteiger partial charge in [-0.15, -0.1) is 0 Å². The lowest BCUT2D eigenvalue weighted by Crippen LogP contribution is -2.30. The third-order valence-electron chi connectivity index (χ3n) is 2.95. The van der Waals surface area contributed by atoms with Crippen LogP contribution >= 0.6 is 0 Å². The smallest absolute Gasteiger partial charge is 0.266 e. The summed E-state index contributed by atoms with van der Waals surface area (Å²) < 4.78 is 1.55. The van der Waals surface area contributed by atoms with Crippen LogP contribution in [0.5, 0.6) is 0 Å². The van der Waals surface area contributed by atoms with E-state index in [4.69, 9.17) is 0 Å². The van der Waals surface area contributed by atoms with Gasteiger partial charge >= 0.3 is 0 Å². The number of aliphatic hydroxyl groups excluding tert-OH is 1. The van der Waals surface area contributed by atoms with E-state index < -0.39 is 0 Å². The molecule has 4 heteroatoms. The Labute approximate surface area is 82.5 Å². The molecule has 2 N–H and O–H groups in total. The fraction of sp³-hybridized carbons (Fsp3) is 0.700. The van der Waals surface area contributed by atoms with Gasteiger partial charge in [0.25, 0.3) is 5.56 Å². The molecule has 14 heavy (non-hydrogen) atoms. The fourth-order valence-corrected chi connectivity index (χ4v) is 2.16. The zero-order chi connectivity index (χ0) is 9.97. The molecule has 1 aromatic heterocycles. The number of hydrogen-bond donors (Lipinski definition) is 2. The van der Waals surface area contributed by atoms with Gasteiger partial charge in [-0.1, -0.05) is 19.3 Å². The maximum Gasteiger partial charge on any atom is 0.266 e. The molecule has 1 aliphatic carbocycles. The van der Waals surface area contributed by atoms with Crippen LogP contribution in [0.2, 0.25) is 0 Å². The molecule has 0 aliphatic heterocycles. The predicted octanol–water partition coefficient (Wildman–Crippen LogP) is 1.04. The van der Waals surface area contributed by atoms with Crippen LogP contribution in [-0.2, 0) is 0 Å². The molecule has 2 rings (SSSR count). The minimum atomic E-state index is -0.381. The molecule has 0 radical (unpaired) electrons. The highest BCUT2D eigenvalue weighted by Crippen LogP contribution is 2.25. The zero-order valence-corrected chi connectivity index (χ0v) is 8.15. The van der Waals surface area contributed by atoms with E-state index in [0.29, 0.717) is 0 Å². The minimum absolute atomic E-state index is 0.0454. The summed E-state index contributed by atoms with van der Waals surface area (Å²) in [4.78, 5) is 11.4. The highest BCUT2D eigenvalue weighted by molar-refractivity contribution is 4.86. The van der Waals surface area contributed by atoms with Gasteiger partial charge < -0.3 is 10.2 Å². The van der Waals surface area contributed by atoms with Gasteiger partial charge in [0.2, 0.25) is 0 Å². The Kier molecular flexibility index (Phi) is 2.72. The molecule has 1 aromatic rings. The first-order valence-electron chi connectivity index (χ1n) is 5.23. The van der Waals surface area contributed by atoms with Gasteiger partial charge in [-0.05, 0) is 12.8 Å². The fourth-order valence-electron chi connectivity index (χ4n) is 2.16. The van der Waals surface area contributed by atoms with Crippen LogP contribution in [0, 0.1) is 0 Å². The predicted molar refractivity (Wildman–Crippen MR) is 53.2 cm³/mol. The van der Waals surface area contributed by atoms with Gasteiger partial charge in [0.05, 0.1) is 12.1 Å². The summed E-state index contributed by atoms with van der Waals surface area (Å²) in [7, 11) is 0. The molecular weight excluding hydrogens is 180 g/mol. The first-order chi connectivity index (χ1) is 6.79. The summed E-state index contributed by atoms with van der Waals surface area (Å²) in [6.45, 7) is 0. The van der Waals surface area contributed by atoms with Gasteiger partial charge in [0, 0.05) is 12.3 Å². The van der Waals surface area contributed by atoms with Crippen molar-refractivity contribution in [2.75, 3.05) is 0 Å². The molecule has 0 spiro atoms. The van der Waals surface area contributed by atoms with Gasteiger partial charge in [0.15, 0.2) is 0 Å². The van der Waals surface area contributed by atoms with E-state index in [9.17, 15) is 9.90 Å². The van der Waals surface area contributed by atoms with Gasteiger partial charge in [-0.3, -0.25) is 4.79 Å². The normalized spacial score (nSPS) is 28.6. The standard InChI is InChI=1S/C10H16N2O2/c13-9-5-3-1-2-4-8(9)12-10(14)6-7-11-12/h6-9,11,13H,1-5H2. The lowest BCUT2D eigenvalue weighted by atomic mass is 10.1. The van der Waals surface area contributed by atoms with Crippen molar-refractivity contribution in [2.24, 2.45) is 0 Å². The maximum absolute atomic E-state index is 11.4. The highest BCUT2D eigenvalue weighted by atomic mass is 16.3. The second-order valence-corrected chi connectivity index (χ2v) is 3.94. The third kappa shape index (κ3) is 1.75. The molecule has 2 atom stereocenters. The molecule has 0 amide bonds. The molecule has 78 valence electrons. The van der Waals surface area contributed by atoms with E-state index in [-0.39, 0.29) is 17.7 Å². The summed E-state index contributed by atoms with van der Waals surface area (Å²) in [5.74, 6) is 0. The Bertz CT molecular complexity index is 342. The molecule has 2 unspecified atom stereocenters. The number of H-pyrrole nitrogens is 1. The van der Waals surface area contributed by atoms with Crippen molar-refractivity contribution in [1.82, 2.24) is 9.78 Å². The van der Waals surface area contributed by atoms with Crippen molar-refractivity contribution >= 4 is 0 Å². The van der Waals surface area contributed by atoms with Crippen LogP contribution < -0.4 is 5.56 Å². The molecule has 1 heterocycles. The first kappa shape index (κ1) is 9.52. The number of nitrogens with one attached hydrogen (secondary N) is 1. The van der Waals surface area contributed by atoms with E-state index >= 15 is 0 Å². The van der Waals surface area contributed by atoms with E-state index in [1.165, 1.54) is 6.07 Å². The summed E-state index contributed by atoms with van der Waals surface area (Å²) in [5, 5.41) is 12.7. The minimum Gasteiger partial charge on any atom is -0.391 e. The van der Waals surface area contributed by atoms with Crippen LogP contribution in [0.25, 0.3) is 0 Å². The first-order valence-corrected chi connectivity index (χ1v) is 5.23. The highest BCUT2D eigenvalue weighted by Gasteiger charge is 2.24. The summed E-state index contributed by atoms with van der Waals surface area (Å²) in [6.07, 6.45) is 6.25. The number of aliphatic hydroxyl groups is 1. The number of aromatic amines is 1. The van der Waals surface area contributed by atoms with E-state index in [0.717, 1.165) is 32.1 Å². The molecule has 1 aliphatic rings. The number of rotatable bonds is 1. The number of nitrogens with zero attached hydrogens (tertiary/aromatic N) is 1. The Morgan fingerprint density at radius 2 is 2.14 bits per heavy atom. The lowest BCUT2D eigenvalue weighted by Gasteiger charge is -2.20. The largest absolute Gasteiger partial charge is 0.391 e. The molecule has 1 fully saturated rings. The van der Waals surface area contributed by atoms with Gasteiger partial charge in [-0.2, -0.15) is 0 Å². The zero-order valence-electron chi connectivity index (χ0n) is 8.15. The second-order valence-electron chi connectivity index (χ2n) is 3.94. The summed E-state index contributed by atoms with van der Waals surface area (Å²) in [5.41, 5.74) is -0.0454. The van der Waals surface area contributed by atoms with Crippen LogP contribution in [-0.4, -0.2) is 21.0 Å². The van der Waals surface area contributed by atoms with Crippen molar-refractivity contribution < 1.29 is 5.11 Å². The second kappa shape index (κ2) is 4.00. The van der Waals surface area contributed by atoms with Crippen LogP contribution in [0.3, 0.4) is 0 Å². The molecule has 4 nitrogen and oxygen atoms in total. The Balaban J connectivity index is 2.23. The van der Waals surface area contributed by atoms with E-state index in [2.05, 4.69) is 5.10 Å². The monoisotopic (exact) mass is 196 g/mol. The molecule has 0 aromatic carbocycles. The lowest BCUT2D eigenvalue weighted by molar-refractivity contribution is 0.0974. The molecule has 1 saturated carbocycles. The van der Waals surface area contributed by atoms with Crippen molar-refractivity contribution in [3.63, 3.8) is 0 Å². The molecule has 0 saturated heterocycles. The SMILES string of the molecule is O=c1cc[nH]n1C1CCCCCC1O. The van der Waals surface area contributed by atoms with E-state index in [1.54, 1.807) is 10.9 Å². The van der Waals surface area contributed by atoms with Gasteiger partial charge in [0.1, 0.15) is 0 Å². The van der Waals surface area contributed by atoms with Crippen molar-refractivity contribution in [3.05, 3.63) is 22.6 Å². The number of aromatic nitrogens is 2. The Hall–Kier alpha value is -1.03. The summed E-state index contributed by atoms with van der Waals surface area (Å²) >= 11 is 0. The number of hydrogen-bond acceptors (Lipinski definition) is 2. The molecule has 0 bridgehead atoms. The quantitative estimate of drug-likeness (QED) is 0.659.